The molecular weight excluding hydrogens is 342 g/mol. The highest BCUT2D eigenvalue weighted by Crippen LogP contribution is 2.34. The van der Waals surface area contributed by atoms with E-state index in [9.17, 15) is 4.79 Å². The molecular formula is C18H21NO3S2. The molecule has 1 amide bonds. The average molecular weight is 364 g/mol. The molecule has 1 aliphatic rings. The van der Waals surface area contributed by atoms with Crippen LogP contribution in [0.4, 0.5) is 0 Å². The zero-order chi connectivity index (χ0) is 17.7. The predicted octanol–water partition coefficient (Wildman–Crippen LogP) is 4.12. The Balaban J connectivity index is 2.22. The van der Waals surface area contributed by atoms with Gasteiger partial charge in [-0.15, -0.1) is 6.58 Å². The quantitative estimate of drug-likeness (QED) is 0.414. The molecule has 0 bridgehead atoms. The van der Waals surface area contributed by atoms with E-state index in [0.717, 1.165) is 5.56 Å². The second-order valence-electron chi connectivity index (χ2n) is 5.70. The first-order valence-electron chi connectivity index (χ1n) is 7.63. The number of thioether (sulfide) groups is 1. The van der Waals surface area contributed by atoms with Crippen LogP contribution in [0.3, 0.4) is 0 Å². The lowest BCUT2D eigenvalue weighted by Gasteiger charge is -2.13. The maximum atomic E-state index is 12.4. The van der Waals surface area contributed by atoms with E-state index in [1.54, 1.807) is 13.2 Å². The molecule has 1 aliphatic heterocycles. The summed E-state index contributed by atoms with van der Waals surface area (Å²) < 4.78 is 11.7. The van der Waals surface area contributed by atoms with Crippen LogP contribution in [0.25, 0.3) is 6.08 Å². The molecule has 6 heteroatoms. The fourth-order valence-electron chi connectivity index (χ4n) is 2.09. The van der Waals surface area contributed by atoms with Crippen LogP contribution in [0.5, 0.6) is 11.5 Å². The Kier molecular flexibility index (Phi) is 6.45. The van der Waals surface area contributed by atoms with Gasteiger partial charge in [-0.3, -0.25) is 9.69 Å². The minimum Gasteiger partial charge on any atom is -0.493 e. The minimum absolute atomic E-state index is 0.0935. The smallest absolute Gasteiger partial charge is 0.266 e. The number of rotatable bonds is 7. The van der Waals surface area contributed by atoms with Crippen molar-refractivity contribution in [3.63, 3.8) is 0 Å². The summed E-state index contributed by atoms with van der Waals surface area (Å²) in [6.45, 7) is 8.88. The lowest BCUT2D eigenvalue weighted by Crippen LogP contribution is -2.27. The van der Waals surface area contributed by atoms with Crippen molar-refractivity contribution >= 4 is 40.3 Å². The Morgan fingerprint density at radius 3 is 2.75 bits per heavy atom. The van der Waals surface area contributed by atoms with E-state index in [4.69, 9.17) is 21.7 Å². The molecule has 24 heavy (non-hydrogen) atoms. The minimum atomic E-state index is -0.0935. The molecule has 0 saturated carbocycles. The molecule has 0 aliphatic carbocycles. The summed E-state index contributed by atoms with van der Waals surface area (Å²) in [5, 5.41) is 0. The number of benzene rings is 1. The summed E-state index contributed by atoms with van der Waals surface area (Å²) in [7, 11) is 1.60. The monoisotopic (exact) mass is 363 g/mol. The molecule has 0 aromatic heterocycles. The summed E-state index contributed by atoms with van der Waals surface area (Å²) in [6.07, 6.45) is 3.48. The fraction of sp³-hybridized carbons (Fsp3) is 0.333. The number of thiocarbonyl (C=S) groups is 1. The Morgan fingerprint density at radius 1 is 1.38 bits per heavy atom. The zero-order valence-electron chi connectivity index (χ0n) is 14.1. The zero-order valence-corrected chi connectivity index (χ0v) is 15.7. The summed E-state index contributed by atoms with van der Waals surface area (Å²) in [6, 6.07) is 5.62. The second-order valence-corrected chi connectivity index (χ2v) is 7.37. The van der Waals surface area contributed by atoms with Crippen molar-refractivity contribution in [3.8, 4) is 11.5 Å². The standard InChI is InChI=1S/C18H21NO3S2/c1-5-8-19-17(20)16(24-18(19)23)10-13-6-7-14(15(9-13)21-4)22-11-12(2)3/h5-7,9-10,12H,1,8,11H2,2-4H3/b16-10+. The van der Waals surface area contributed by atoms with Gasteiger partial charge in [0.15, 0.2) is 11.5 Å². The Labute approximate surface area is 152 Å². The number of carbonyl (C=O) groups is 1. The van der Waals surface area contributed by atoms with Crippen LogP contribution in [0.15, 0.2) is 35.8 Å². The highest BCUT2D eigenvalue weighted by Gasteiger charge is 2.30. The van der Waals surface area contributed by atoms with Crippen molar-refractivity contribution in [1.82, 2.24) is 4.90 Å². The number of hydrogen-bond donors (Lipinski definition) is 0. The summed E-state index contributed by atoms with van der Waals surface area (Å²) in [5.74, 6) is 1.68. The number of amides is 1. The number of carbonyl (C=O) groups excluding carboxylic acids is 1. The van der Waals surface area contributed by atoms with Gasteiger partial charge in [-0.05, 0) is 29.7 Å². The number of nitrogens with zero attached hydrogens (tertiary/aromatic N) is 1. The maximum absolute atomic E-state index is 12.4. The van der Waals surface area contributed by atoms with E-state index in [2.05, 4.69) is 20.4 Å². The predicted molar refractivity (Wildman–Crippen MR) is 103 cm³/mol. The Morgan fingerprint density at radius 2 is 2.12 bits per heavy atom. The number of hydrogen-bond acceptors (Lipinski definition) is 5. The normalized spacial score (nSPS) is 16.2. The molecule has 2 rings (SSSR count). The van der Waals surface area contributed by atoms with Crippen LogP contribution in [-0.2, 0) is 4.79 Å². The highest BCUT2D eigenvalue weighted by atomic mass is 32.2. The van der Waals surface area contributed by atoms with Crippen molar-refractivity contribution in [2.75, 3.05) is 20.3 Å². The summed E-state index contributed by atoms with van der Waals surface area (Å²) in [5.41, 5.74) is 0.864. The molecule has 4 nitrogen and oxygen atoms in total. The van der Waals surface area contributed by atoms with Crippen molar-refractivity contribution in [3.05, 3.63) is 41.3 Å². The van der Waals surface area contributed by atoms with Crippen molar-refractivity contribution in [2.24, 2.45) is 5.92 Å². The lowest BCUT2D eigenvalue weighted by molar-refractivity contribution is -0.121. The van der Waals surface area contributed by atoms with Gasteiger partial charge in [0, 0.05) is 6.54 Å². The molecule has 0 unspecified atom stereocenters. The third-order valence-electron chi connectivity index (χ3n) is 3.24. The van der Waals surface area contributed by atoms with E-state index < -0.39 is 0 Å². The molecule has 0 radical (unpaired) electrons. The molecule has 128 valence electrons. The van der Waals surface area contributed by atoms with Crippen molar-refractivity contribution in [2.45, 2.75) is 13.8 Å². The topological polar surface area (TPSA) is 38.8 Å². The highest BCUT2D eigenvalue weighted by molar-refractivity contribution is 8.26. The van der Waals surface area contributed by atoms with Gasteiger partial charge in [0.1, 0.15) is 4.32 Å². The van der Waals surface area contributed by atoms with Gasteiger partial charge in [0.2, 0.25) is 0 Å². The first-order chi connectivity index (χ1) is 11.5. The van der Waals surface area contributed by atoms with Crippen LogP contribution < -0.4 is 9.47 Å². The second kappa shape index (κ2) is 8.35. The molecule has 0 N–H and O–H groups in total. The molecule has 1 saturated heterocycles. The van der Waals surface area contributed by atoms with Crippen LogP contribution >= 0.6 is 24.0 Å². The van der Waals surface area contributed by atoms with Crippen LogP contribution in [0.1, 0.15) is 19.4 Å². The van der Waals surface area contributed by atoms with Gasteiger partial charge in [0.25, 0.3) is 5.91 Å². The average Bonchev–Trinajstić information content (AvgIpc) is 2.81. The molecule has 1 aromatic carbocycles. The van der Waals surface area contributed by atoms with Gasteiger partial charge < -0.3 is 9.47 Å². The summed E-state index contributed by atoms with van der Waals surface area (Å²) >= 11 is 6.54. The van der Waals surface area contributed by atoms with Crippen LogP contribution in [0.2, 0.25) is 0 Å². The van der Waals surface area contributed by atoms with Gasteiger partial charge in [-0.1, -0.05) is 50.0 Å². The van der Waals surface area contributed by atoms with E-state index in [1.807, 2.05) is 24.3 Å². The van der Waals surface area contributed by atoms with Crippen molar-refractivity contribution in [1.29, 1.82) is 0 Å². The van der Waals surface area contributed by atoms with Crippen LogP contribution in [-0.4, -0.2) is 35.4 Å². The third-order valence-corrected chi connectivity index (χ3v) is 4.62. The maximum Gasteiger partial charge on any atom is 0.266 e. The first-order valence-corrected chi connectivity index (χ1v) is 8.85. The molecule has 0 atom stereocenters. The first kappa shape index (κ1) is 18.5. The summed E-state index contributed by atoms with van der Waals surface area (Å²) in [4.78, 5) is 14.5. The van der Waals surface area contributed by atoms with E-state index in [-0.39, 0.29) is 5.91 Å². The van der Waals surface area contributed by atoms with E-state index >= 15 is 0 Å². The van der Waals surface area contributed by atoms with Gasteiger partial charge >= 0.3 is 0 Å². The Hall–Kier alpha value is -1.79. The van der Waals surface area contributed by atoms with E-state index in [1.165, 1.54) is 16.7 Å². The van der Waals surface area contributed by atoms with Crippen molar-refractivity contribution < 1.29 is 14.3 Å². The number of ether oxygens (including phenoxy) is 2. The number of methoxy groups -OCH3 is 1. The molecule has 1 aromatic rings. The molecule has 1 heterocycles. The SMILES string of the molecule is C=CCN1C(=O)/C(=C\c2ccc(OCC(C)C)c(OC)c2)SC1=S. The van der Waals surface area contributed by atoms with Gasteiger partial charge in [0.05, 0.1) is 18.6 Å². The lowest BCUT2D eigenvalue weighted by atomic mass is 10.1. The molecule has 1 fully saturated rings. The van der Waals surface area contributed by atoms with E-state index in [0.29, 0.717) is 39.8 Å². The van der Waals surface area contributed by atoms with Gasteiger partial charge in [-0.2, -0.15) is 0 Å². The molecule has 0 spiro atoms. The third kappa shape index (κ3) is 4.39. The largest absolute Gasteiger partial charge is 0.493 e. The van der Waals surface area contributed by atoms with Crippen LogP contribution in [0, 0.1) is 5.92 Å². The van der Waals surface area contributed by atoms with Gasteiger partial charge in [-0.25, -0.2) is 0 Å². The fourth-order valence-corrected chi connectivity index (χ4v) is 3.36. The Bertz CT molecular complexity index is 683.